The van der Waals surface area contributed by atoms with Crippen molar-refractivity contribution >= 4 is 18.3 Å². The third kappa shape index (κ3) is 3.75. The molecule has 4 rings (SSSR count). The number of halogens is 1. The van der Waals surface area contributed by atoms with Gasteiger partial charge in [0.2, 0.25) is 5.91 Å². The lowest BCUT2D eigenvalue weighted by Crippen LogP contribution is -2.59. The summed E-state index contributed by atoms with van der Waals surface area (Å²) in [6.45, 7) is 5.06. The van der Waals surface area contributed by atoms with Crippen LogP contribution >= 0.6 is 12.4 Å². The molecule has 1 aliphatic carbocycles. The first-order valence-corrected chi connectivity index (χ1v) is 9.89. The van der Waals surface area contributed by atoms with Crippen molar-refractivity contribution in [3.05, 3.63) is 35.4 Å². The molecule has 0 radical (unpaired) electrons. The van der Waals surface area contributed by atoms with Crippen molar-refractivity contribution in [3.8, 4) is 0 Å². The monoisotopic (exact) mass is 394 g/mol. The number of amides is 1. The Kier molecular flexibility index (Phi) is 6.46. The first-order chi connectivity index (χ1) is 12.6. The molecule has 1 amide bonds. The van der Waals surface area contributed by atoms with E-state index in [1.807, 2.05) is 19.2 Å². The van der Waals surface area contributed by atoms with Crippen molar-refractivity contribution in [1.82, 2.24) is 4.90 Å². The molecule has 0 unspecified atom stereocenters. The molecule has 6 heteroatoms. The third-order valence-electron chi connectivity index (χ3n) is 6.75. The lowest BCUT2D eigenvalue weighted by molar-refractivity contribution is -0.170. The number of nitrogens with zero attached hydrogens (tertiary/aromatic N) is 1. The molecule has 2 bridgehead atoms. The summed E-state index contributed by atoms with van der Waals surface area (Å²) in [5, 5.41) is 0. The predicted octanol–water partition coefficient (Wildman–Crippen LogP) is 2.82. The molecule has 1 aromatic rings. The highest BCUT2D eigenvalue weighted by atomic mass is 35.5. The SMILES string of the molecule is CO[C@]1(c2cccc(C(N)=O)c2)[C@@H]2CCC[C@H]1CN(C[C@@H]1CCOC1)C2.Cl. The van der Waals surface area contributed by atoms with Crippen LogP contribution in [-0.2, 0) is 15.1 Å². The van der Waals surface area contributed by atoms with E-state index in [2.05, 4.69) is 11.0 Å². The highest BCUT2D eigenvalue weighted by Gasteiger charge is 2.53. The fraction of sp³-hybridized carbons (Fsp3) is 0.667. The summed E-state index contributed by atoms with van der Waals surface area (Å²) in [6, 6.07) is 7.80. The molecule has 1 aromatic carbocycles. The van der Waals surface area contributed by atoms with E-state index in [0.717, 1.165) is 38.4 Å². The Morgan fingerprint density at radius 1 is 1.30 bits per heavy atom. The van der Waals surface area contributed by atoms with E-state index < -0.39 is 0 Å². The maximum atomic E-state index is 11.7. The molecule has 150 valence electrons. The number of carbonyl (C=O) groups excluding carboxylic acids is 1. The van der Waals surface area contributed by atoms with Gasteiger partial charge in [0.15, 0.2) is 0 Å². The van der Waals surface area contributed by atoms with Crippen molar-refractivity contribution in [2.45, 2.75) is 31.3 Å². The third-order valence-corrected chi connectivity index (χ3v) is 6.75. The zero-order chi connectivity index (χ0) is 18.1. The number of hydrogen-bond donors (Lipinski definition) is 1. The number of methoxy groups -OCH3 is 1. The Labute approximate surface area is 168 Å². The van der Waals surface area contributed by atoms with E-state index >= 15 is 0 Å². The van der Waals surface area contributed by atoms with Crippen LogP contribution in [0.1, 0.15) is 41.6 Å². The minimum Gasteiger partial charge on any atom is -0.381 e. The molecule has 3 fully saturated rings. The van der Waals surface area contributed by atoms with Crippen LogP contribution in [-0.4, -0.2) is 50.8 Å². The molecule has 3 aliphatic rings. The molecule has 5 nitrogen and oxygen atoms in total. The quantitative estimate of drug-likeness (QED) is 0.834. The molecule has 1 saturated carbocycles. The Balaban J connectivity index is 0.00000210. The van der Waals surface area contributed by atoms with Crippen LogP contribution in [0.3, 0.4) is 0 Å². The van der Waals surface area contributed by atoms with Crippen molar-refractivity contribution in [2.75, 3.05) is 40.0 Å². The maximum Gasteiger partial charge on any atom is 0.248 e. The molecular weight excluding hydrogens is 364 g/mol. The van der Waals surface area contributed by atoms with Crippen LogP contribution in [0.25, 0.3) is 0 Å². The number of primary amides is 1. The second-order valence-corrected chi connectivity index (χ2v) is 8.22. The van der Waals surface area contributed by atoms with Gasteiger partial charge in [0, 0.05) is 50.8 Å². The van der Waals surface area contributed by atoms with Crippen LogP contribution in [0, 0.1) is 17.8 Å². The molecule has 27 heavy (non-hydrogen) atoms. The van der Waals surface area contributed by atoms with Gasteiger partial charge in [-0.25, -0.2) is 0 Å². The molecule has 2 aliphatic heterocycles. The highest BCUT2D eigenvalue weighted by molar-refractivity contribution is 5.92. The Morgan fingerprint density at radius 3 is 2.63 bits per heavy atom. The van der Waals surface area contributed by atoms with Gasteiger partial charge in [0.1, 0.15) is 5.60 Å². The minimum absolute atomic E-state index is 0. The Bertz CT molecular complexity index is 649. The average molecular weight is 395 g/mol. The van der Waals surface area contributed by atoms with Crippen molar-refractivity contribution in [3.63, 3.8) is 0 Å². The van der Waals surface area contributed by atoms with E-state index in [1.165, 1.54) is 25.7 Å². The van der Waals surface area contributed by atoms with E-state index in [4.69, 9.17) is 15.2 Å². The number of carbonyl (C=O) groups is 1. The summed E-state index contributed by atoms with van der Waals surface area (Å²) in [6.07, 6.45) is 4.78. The minimum atomic E-state index is -0.373. The number of benzene rings is 1. The number of piperidine rings is 1. The van der Waals surface area contributed by atoms with Gasteiger partial charge in [-0.1, -0.05) is 18.6 Å². The van der Waals surface area contributed by atoms with Crippen LogP contribution in [0.2, 0.25) is 0 Å². The largest absolute Gasteiger partial charge is 0.381 e. The second-order valence-electron chi connectivity index (χ2n) is 8.22. The first kappa shape index (κ1) is 20.6. The van der Waals surface area contributed by atoms with Crippen LogP contribution in [0.5, 0.6) is 0 Å². The van der Waals surface area contributed by atoms with Crippen LogP contribution in [0.4, 0.5) is 0 Å². The molecular formula is C21H31ClN2O3. The topological polar surface area (TPSA) is 64.8 Å². The van der Waals surface area contributed by atoms with Gasteiger partial charge in [-0.05, 0) is 42.9 Å². The standard InChI is InChI=1S/C21H30N2O3.ClH/c1-25-21(17-5-2-4-16(10-17)20(22)24)18-6-3-7-19(21)13-23(12-18)11-15-8-9-26-14-15;/h2,4-5,10,15,18-19H,3,6-9,11-14H2,1H3,(H2,22,24);1H/t15-,18-,19+,21-;/m0./s1. The molecule has 2 N–H and O–H groups in total. The number of likely N-dealkylation sites (tertiary alicyclic amines) is 1. The smallest absolute Gasteiger partial charge is 0.248 e. The van der Waals surface area contributed by atoms with E-state index in [1.54, 1.807) is 6.07 Å². The van der Waals surface area contributed by atoms with E-state index in [9.17, 15) is 4.79 Å². The van der Waals surface area contributed by atoms with Crippen LogP contribution < -0.4 is 5.73 Å². The summed E-state index contributed by atoms with van der Waals surface area (Å²) in [5.41, 5.74) is 6.92. The molecule has 0 aromatic heterocycles. The van der Waals surface area contributed by atoms with Crippen molar-refractivity contribution in [2.24, 2.45) is 23.5 Å². The van der Waals surface area contributed by atoms with Gasteiger partial charge in [0.05, 0.1) is 6.61 Å². The van der Waals surface area contributed by atoms with Gasteiger partial charge in [-0.3, -0.25) is 4.79 Å². The summed E-state index contributed by atoms with van der Waals surface area (Å²) < 4.78 is 11.8. The second kappa shape index (κ2) is 8.48. The van der Waals surface area contributed by atoms with Crippen LogP contribution in [0.15, 0.2) is 24.3 Å². The van der Waals surface area contributed by atoms with Gasteiger partial charge in [-0.15, -0.1) is 12.4 Å². The maximum absolute atomic E-state index is 11.7. The average Bonchev–Trinajstić information content (AvgIpc) is 3.14. The zero-order valence-corrected chi connectivity index (χ0v) is 16.9. The lowest BCUT2D eigenvalue weighted by Gasteiger charge is -2.55. The molecule has 0 spiro atoms. The molecule has 2 saturated heterocycles. The van der Waals surface area contributed by atoms with E-state index in [0.29, 0.717) is 23.3 Å². The number of fused-ring (bicyclic) bond motifs is 2. The first-order valence-electron chi connectivity index (χ1n) is 9.89. The molecule has 2 heterocycles. The Hall–Kier alpha value is -1.14. The predicted molar refractivity (Wildman–Crippen MR) is 107 cm³/mol. The van der Waals surface area contributed by atoms with Crippen molar-refractivity contribution in [1.29, 1.82) is 0 Å². The highest BCUT2D eigenvalue weighted by Crippen LogP contribution is 2.51. The van der Waals surface area contributed by atoms with E-state index in [-0.39, 0.29) is 23.9 Å². The summed E-state index contributed by atoms with van der Waals surface area (Å²) in [7, 11) is 1.84. The van der Waals surface area contributed by atoms with Gasteiger partial charge < -0.3 is 20.1 Å². The summed E-state index contributed by atoms with van der Waals surface area (Å²) >= 11 is 0. The fourth-order valence-corrected chi connectivity index (χ4v) is 5.60. The number of rotatable bonds is 5. The van der Waals surface area contributed by atoms with Gasteiger partial charge in [0.25, 0.3) is 0 Å². The van der Waals surface area contributed by atoms with Gasteiger partial charge in [-0.2, -0.15) is 0 Å². The fourth-order valence-electron chi connectivity index (χ4n) is 5.60. The summed E-state index contributed by atoms with van der Waals surface area (Å²) in [5.74, 6) is 1.20. The van der Waals surface area contributed by atoms with Gasteiger partial charge >= 0.3 is 0 Å². The summed E-state index contributed by atoms with van der Waals surface area (Å²) in [4.78, 5) is 14.3. The molecule has 4 atom stereocenters. The zero-order valence-electron chi connectivity index (χ0n) is 16.1. The lowest BCUT2D eigenvalue weighted by atomic mass is 9.62. The number of nitrogens with two attached hydrogens (primary N) is 1. The number of hydrogen-bond acceptors (Lipinski definition) is 4. The normalized spacial score (nSPS) is 33.4. The Morgan fingerprint density at radius 2 is 2.04 bits per heavy atom. The van der Waals surface area contributed by atoms with Crippen molar-refractivity contribution < 1.29 is 14.3 Å². The number of ether oxygens (including phenoxy) is 2.